The molecule has 1 saturated heterocycles. The number of carbonyl (C=O) groups excluding carboxylic acids is 1. The van der Waals surface area contributed by atoms with Crippen molar-refractivity contribution in [1.29, 1.82) is 0 Å². The highest BCUT2D eigenvalue weighted by Gasteiger charge is 2.22. The number of hydrogen-bond donors (Lipinski definition) is 1. The molecule has 0 unspecified atom stereocenters. The number of pyridine rings is 1. The number of anilines is 1. The average molecular weight is 469 g/mol. The Morgan fingerprint density at radius 1 is 1.06 bits per heavy atom. The molecule has 33 heavy (non-hydrogen) atoms. The Morgan fingerprint density at radius 3 is 2.42 bits per heavy atom. The first-order valence-corrected chi connectivity index (χ1v) is 12.1. The largest absolute Gasteiger partial charge is 0.336 e. The van der Waals surface area contributed by atoms with Gasteiger partial charge in [0.25, 0.3) is 15.9 Å². The van der Waals surface area contributed by atoms with Crippen LogP contribution < -0.4 is 4.72 Å². The van der Waals surface area contributed by atoms with Gasteiger partial charge in [-0.3, -0.25) is 19.4 Å². The number of carbonyl (C=O) groups is 1. The monoisotopic (exact) mass is 468 g/mol. The molecule has 0 bridgehead atoms. The molecule has 1 aliphatic rings. The number of sulfonamides is 1. The van der Waals surface area contributed by atoms with E-state index in [0.717, 1.165) is 31.3 Å². The van der Waals surface area contributed by atoms with Crippen LogP contribution in [0.4, 0.5) is 10.1 Å². The lowest BCUT2D eigenvalue weighted by molar-refractivity contribution is 0.0628. The Labute approximate surface area is 192 Å². The summed E-state index contributed by atoms with van der Waals surface area (Å²) >= 11 is 0. The SMILES string of the molecule is Cc1cc(S(=O)(=O)Nc2ccc(C(=O)N3CCN(Cc4cccnc4)CC3)cc2)ccc1F. The molecule has 2 aromatic carbocycles. The summed E-state index contributed by atoms with van der Waals surface area (Å²) in [5, 5.41) is 0. The fourth-order valence-electron chi connectivity index (χ4n) is 3.72. The van der Waals surface area contributed by atoms with Crippen molar-refractivity contribution in [2.24, 2.45) is 0 Å². The number of nitrogens with one attached hydrogen (secondary N) is 1. The summed E-state index contributed by atoms with van der Waals surface area (Å²) in [6, 6.07) is 13.9. The maximum absolute atomic E-state index is 13.5. The third kappa shape index (κ3) is 5.55. The van der Waals surface area contributed by atoms with Crippen molar-refractivity contribution in [1.82, 2.24) is 14.8 Å². The van der Waals surface area contributed by atoms with Crippen molar-refractivity contribution in [2.45, 2.75) is 18.4 Å². The Kier molecular flexibility index (Phi) is 6.71. The molecule has 2 heterocycles. The lowest BCUT2D eigenvalue weighted by Gasteiger charge is -2.34. The molecule has 172 valence electrons. The molecule has 0 aliphatic carbocycles. The molecule has 9 heteroatoms. The maximum atomic E-state index is 13.5. The zero-order chi connectivity index (χ0) is 23.4. The number of benzene rings is 2. The van der Waals surface area contributed by atoms with Gasteiger partial charge in [-0.05, 0) is 66.6 Å². The van der Waals surface area contributed by atoms with Crippen molar-refractivity contribution in [3.05, 3.63) is 89.5 Å². The van der Waals surface area contributed by atoms with E-state index < -0.39 is 15.8 Å². The van der Waals surface area contributed by atoms with Gasteiger partial charge < -0.3 is 4.90 Å². The third-order valence-electron chi connectivity index (χ3n) is 5.61. The molecular formula is C24H25FN4O3S. The van der Waals surface area contributed by atoms with Crippen molar-refractivity contribution in [3.63, 3.8) is 0 Å². The molecule has 1 amide bonds. The fraction of sp³-hybridized carbons (Fsp3) is 0.250. The zero-order valence-corrected chi connectivity index (χ0v) is 19.1. The average Bonchev–Trinajstić information content (AvgIpc) is 2.82. The van der Waals surface area contributed by atoms with Crippen LogP contribution in [0.2, 0.25) is 0 Å². The van der Waals surface area contributed by atoms with Gasteiger partial charge in [0.15, 0.2) is 0 Å². The third-order valence-corrected chi connectivity index (χ3v) is 6.99. The Bertz CT molecular complexity index is 1230. The summed E-state index contributed by atoms with van der Waals surface area (Å²) in [6.07, 6.45) is 3.60. The molecule has 1 N–H and O–H groups in total. The number of hydrogen-bond acceptors (Lipinski definition) is 5. The number of amides is 1. The number of nitrogens with zero attached hydrogens (tertiary/aromatic N) is 3. The molecule has 0 spiro atoms. The number of piperazine rings is 1. The van der Waals surface area contributed by atoms with E-state index in [1.165, 1.54) is 19.1 Å². The number of halogens is 1. The summed E-state index contributed by atoms with van der Waals surface area (Å²) in [6.45, 7) is 5.10. The van der Waals surface area contributed by atoms with E-state index in [2.05, 4.69) is 14.6 Å². The van der Waals surface area contributed by atoms with Crippen LogP contribution in [0.5, 0.6) is 0 Å². The lowest BCUT2D eigenvalue weighted by Crippen LogP contribution is -2.48. The second-order valence-electron chi connectivity index (χ2n) is 8.02. The normalized spacial score (nSPS) is 14.8. The standard InChI is InChI=1S/C24H25FN4O3S/c1-18-15-22(8-9-23(18)25)33(31,32)27-21-6-4-20(5-7-21)24(30)29-13-11-28(12-14-29)17-19-3-2-10-26-16-19/h2-10,15-16,27H,11-14,17H2,1H3. The molecule has 7 nitrogen and oxygen atoms in total. The molecule has 0 radical (unpaired) electrons. The van der Waals surface area contributed by atoms with E-state index in [-0.39, 0.29) is 16.4 Å². The minimum absolute atomic E-state index is 0.0225. The Hall–Kier alpha value is -3.30. The fourth-order valence-corrected chi connectivity index (χ4v) is 4.86. The van der Waals surface area contributed by atoms with Gasteiger partial charge in [0, 0.05) is 56.4 Å². The van der Waals surface area contributed by atoms with Crippen molar-refractivity contribution < 1.29 is 17.6 Å². The van der Waals surface area contributed by atoms with Gasteiger partial charge >= 0.3 is 0 Å². The quantitative estimate of drug-likeness (QED) is 0.600. The highest BCUT2D eigenvalue weighted by Crippen LogP contribution is 2.20. The molecule has 3 aromatic rings. The lowest BCUT2D eigenvalue weighted by atomic mass is 10.1. The Morgan fingerprint density at radius 2 is 1.79 bits per heavy atom. The molecule has 1 aliphatic heterocycles. The predicted octanol–water partition coefficient (Wildman–Crippen LogP) is 3.29. The zero-order valence-electron chi connectivity index (χ0n) is 18.2. The second kappa shape index (κ2) is 9.68. The summed E-state index contributed by atoms with van der Waals surface area (Å²) in [4.78, 5) is 21.1. The van der Waals surface area contributed by atoms with E-state index >= 15 is 0 Å². The van der Waals surface area contributed by atoms with Crippen LogP contribution in [-0.4, -0.2) is 55.3 Å². The molecule has 1 fully saturated rings. The van der Waals surface area contributed by atoms with Gasteiger partial charge in [0.1, 0.15) is 5.82 Å². The van der Waals surface area contributed by atoms with E-state index in [4.69, 9.17) is 0 Å². The maximum Gasteiger partial charge on any atom is 0.261 e. The van der Waals surface area contributed by atoms with Crippen molar-refractivity contribution >= 4 is 21.6 Å². The smallest absolute Gasteiger partial charge is 0.261 e. The van der Waals surface area contributed by atoms with Gasteiger partial charge in [-0.15, -0.1) is 0 Å². The van der Waals surface area contributed by atoms with Crippen LogP contribution in [0.3, 0.4) is 0 Å². The number of aromatic nitrogens is 1. The minimum atomic E-state index is -3.86. The van der Waals surface area contributed by atoms with Gasteiger partial charge in [-0.25, -0.2) is 12.8 Å². The van der Waals surface area contributed by atoms with Crippen LogP contribution in [-0.2, 0) is 16.6 Å². The van der Waals surface area contributed by atoms with Gasteiger partial charge in [0.2, 0.25) is 0 Å². The first-order chi connectivity index (χ1) is 15.8. The highest BCUT2D eigenvalue weighted by molar-refractivity contribution is 7.92. The van der Waals surface area contributed by atoms with Crippen LogP contribution in [0.15, 0.2) is 71.9 Å². The first kappa shape index (κ1) is 22.9. The molecule has 1 aromatic heterocycles. The van der Waals surface area contributed by atoms with E-state index in [9.17, 15) is 17.6 Å². The molecular weight excluding hydrogens is 443 g/mol. The summed E-state index contributed by atoms with van der Waals surface area (Å²) < 4.78 is 41.1. The number of rotatable bonds is 6. The first-order valence-electron chi connectivity index (χ1n) is 10.6. The van der Waals surface area contributed by atoms with Crippen molar-refractivity contribution in [3.8, 4) is 0 Å². The highest BCUT2D eigenvalue weighted by atomic mass is 32.2. The minimum Gasteiger partial charge on any atom is -0.336 e. The second-order valence-corrected chi connectivity index (χ2v) is 9.71. The van der Waals surface area contributed by atoms with Gasteiger partial charge in [0.05, 0.1) is 4.90 Å². The summed E-state index contributed by atoms with van der Waals surface area (Å²) in [5.41, 5.74) is 2.22. The van der Waals surface area contributed by atoms with Crippen LogP contribution in [0.1, 0.15) is 21.5 Å². The molecule has 0 saturated carbocycles. The van der Waals surface area contributed by atoms with Gasteiger partial charge in [-0.2, -0.15) is 0 Å². The van der Waals surface area contributed by atoms with Crippen LogP contribution in [0.25, 0.3) is 0 Å². The topological polar surface area (TPSA) is 82.6 Å². The molecule has 0 atom stereocenters. The summed E-state index contributed by atoms with van der Waals surface area (Å²) in [7, 11) is -3.86. The van der Waals surface area contributed by atoms with Crippen LogP contribution in [0, 0.1) is 12.7 Å². The molecule has 4 rings (SSSR count). The Balaban J connectivity index is 1.35. The van der Waals surface area contributed by atoms with Crippen molar-refractivity contribution in [2.75, 3.05) is 30.9 Å². The van der Waals surface area contributed by atoms with Gasteiger partial charge in [-0.1, -0.05) is 6.07 Å². The van der Waals surface area contributed by atoms with E-state index in [1.54, 1.807) is 35.4 Å². The summed E-state index contributed by atoms with van der Waals surface area (Å²) in [5.74, 6) is -0.547. The van der Waals surface area contributed by atoms with E-state index in [0.29, 0.717) is 24.3 Å². The predicted molar refractivity (Wildman–Crippen MR) is 124 cm³/mol. The van der Waals surface area contributed by atoms with Crippen LogP contribution >= 0.6 is 0 Å². The number of aryl methyl sites for hydroxylation is 1. The van der Waals surface area contributed by atoms with E-state index in [1.807, 2.05) is 18.3 Å².